The van der Waals surface area contributed by atoms with Gasteiger partial charge in [0.05, 0.1) is 12.2 Å². The molecule has 0 aromatic heterocycles. The van der Waals surface area contributed by atoms with Crippen LogP contribution in [-0.4, -0.2) is 43.1 Å². The summed E-state index contributed by atoms with van der Waals surface area (Å²) in [5.74, 6) is -1.08. The number of nitrogens with zero attached hydrogens (tertiary/aromatic N) is 1. The second-order valence-electron chi connectivity index (χ2n) is 4.13. The van der Waals surface area contributed by atoms with Crippen molar-refractivity contribution < 1.29 is 18.3 Å². The standard InChI is InChI=1S/C9H17NO4S/c1-7(9(11)12)8-3-5-10(6-4-8)15(2,13)14/h7-8H,3-6H2,1-2H3,(H,11,12). The van der Waals surface area contributed by atoms with Crippen LogP contribution in [0.5, 0.6) is 0 Å². The number of hydrogen-bond donors (Lipinski definition) is 1. The van der Waals surface area contributed by atoms with E-state index in [0.29, 0.717) is 25.9 Å². The van der Waals surface area contributed by atoms with Crippen molar-refractivity contribution >= 4 is 16.0 Å². The largest absolute Gasteiger partial charge is 0.481 e. The molecule has 0 aliphatic carbocycles. The van der Waals surface area contributed by atoms with Gasteiger partial charge in [0.25, 0.3) is 0 Å². The molecule has 1 atom stereocenters. The third-order valence-corrected chi connectivity index (χ3v) is 4.37. The second kappa shape index (κ2) is 4.49. The molecule has 1 heterocycles. The number of carbonyl (C=O) groups is 1. The lowest BCUT2D eigenvalue weighted by atomic mass is 9.86. The molecule has 0 radical (unpaired) electrons. The average molecular weight is 235 g/mol. The highest BCUT2D eigenvalue weighted by Gasteiger charge is 2.30. The summed E-state index contributed by atoms with van der Waals surface area (Å²) >= 11 is 0. The van der Waals surface area contributed by atoms with Crippen LogP contribution in [0.4, 0.5) is 0 Å². The van der Waals surface area contributed by atoms with Gasteiger partial charge in [-0.2, -0.15) is 0 Å². The zero-order valence-electron chi connectivity index (χ0n) is 9.01. The van der Waals surface area contributed by atoms with Crippen molar-refractivity contribution in [3.05, 3.63) is 0 Å². The van der Waals surface area contributed by atoms with Crippen LogP contribution in [0.2, 0.25) is 0 Å². The summed E-state index contributed by atoms with van der Waals surface area (Å²) in [5, 5.41) is 8.83. The highest BCUT2D eigenvalue weighted by atomic mass is 32.2. The SMILES string of the molecule is CC(C(=O)O)C1CCN(S(C)(=O)=O)CC1. The minimum Gasteiger partial charge on any atom is -0.481 e. The number of piperidine rings is 1. The monoisotopic (exact) mass is 235 g/mol. The van der Waals surface area contributed by atoms with Crippen molar-refractivity contribution in [2.75, 3.05) is 19.3 Å². The number of carboxylic acid groups (broad SMARTS) is 1. The zero-order chi connectivity index (χ0) is 11.6. The molecule has 0 aromatic carbocycles. The van der Waals surface area contributed by atoms with Gasteiger partial charge < -0.3 is 5.11 Å². The van der Waals surface area contributed by atoms with E-state index in [1.54, 1.807) is 6.92 Å². The Kier molecular flexibility index (Phi) is 3.72. The Hall–Kier alpha value is -0.620. The van der Waals surface area contributed by atoms with E-state index in [4.69, 9.17) is 5.11 Å². The first-order chi connectivity index (χ1) is 6.82. The van der Waals surface area contributed by atoms with Gasteiger partial charge in [-0.25, -0.2) is 12.7 Å². The minimum atomic E-state index is -3.11. The van der Waals surface area contributed by atoms with Gasteiger partial charge in [-0.05, 0) is 18.8 Å². The quantitative estimate of drug-likeness (QED) is 0.767. The Labute approximate surface area is 90.1 Å². The molecule has 0 amide bonds. The predicted molar refractivity (Wildman–Crippen MR) is 55.9 cm³/mol. The van der Waals surface area contributed by atoms with Crippen LogP contribution in [0.15, 0.2) is 0 Å². The maximum atomic E-state index is 11.2. The minimum absolute atomic E-state index is 0.0977. The first kappa shape index (κ1) is 12.4. The molecule has 5 nitrogen and oxygen atoms in total. The topological polar surface area (TPSA) is 74.7 Å². The fourth-order valence-electron chi connectivity index (χ4n) is 1.91. The fourth-order valence-corrected chi connectivity index (χ4v) is 2.78. The number of hydrogen-bond acceptors (Lipinski definition) is 3. The Morgan fingerprint density at radius 3 is 2.20 bits per heavy atom. The van der Waals surface area contributed by atoms with Gasteiger partial charge in [-0.15, -0.1) is 0 Å². The molecule has 1 aliphatic heterocycles. The molecule has 0 aromatic rings. The van der Waals surface area contributed by atoms with Crippen molar-refractivity contribution in [1.29, 1.82) is 0 Å². The van der Waals surface area contributed by atoms with Crippen LogP contribution >= 0.6 is 0 Å². The van der Waals surface area contributed by atoms with E-state index in [-0.39, 0.29) is 11.8 Å². The van der Waals surface area contributed by atoms with Crippen molar-refractivity contribution in [1.82, 2.24) is 4.31 Å². The fraction of sp³-hybridized carbons (Fsp3) is 0.889. The highest BCUT2D eigenvalue weighted by Crippen LogP contribution is 2.25. The van der Waals surface area contributed by atoms with Crippen molar-refractivity contribution in [2.24, 2.45) is 11.8 Å². The summed E-state index contributed by atoms with van der Waals surface area (Å²) in [6, 6.07) is 0. The summed E-state index contributed by atoms with van der Waals surface area (Å²) in [4.78, 5) is 10.7. The Morgan fingerprint density at radius 1 is 1.40 bits per heavy atom. The first-order valence-electron chi connectivity index (χ1n) is 5.00. The predicted octanol–water partition coefficient (Wildman–Crippen LogP) is 0.379. The molecular weight excluding hydrogens is 218 g/mol. The molecule has 0 saturated carbocycles. The van der Waals surface area contributed by atoms with Crippen LogP contribution in [-0.2, 0) is 14.8 Å². The second-order valence-corrected chi connectivity index (χ2v) is 6.11. The molecule has 1 aliphatic rings. The maximum Gasteiger partial charge on any atom is 0.306 e. The lowest BCUT2D eigenvalue weighted by molar-refractivity contribution is -0.143. The van der Waals surface area contributed by atoms with Gasteiger partial charge in [-0.1, -0.05) is 6.92 Å². The lowest BCUT2D eigenvalue weighted by Crippen LogP contribution is -2.40. The van der Waals surface area contributed by atoms with Crippen molar-refractivity contribution in [3.63, 3.8) is 0 Å². The molecule has 1 rings (SSSR count). The Morgan fingerprint density at radius 2 is 1.87 bits per heavy atom. The molecule has 15 heavy (non-hydrogen) atoms. The maximum absolute atomic E-state index is 11.2. The molecule has 1 unspecified atom stereocenters. The smallest absolute Gasteiger partial charge is 0.306 e. The summed E-state index contributed by atoms with van der Waals surface area (Å²) in [5.41, 5.74) is 0. The van der Waals surface area contributed by atoms with Gasteiger partial charge >= 0.3 is 5.97 Å². The molecule has 1 saturated heterocycles. The van der Waals surface area contributed by atoms with Gasteiger partial charge in [0.1, 0.15) is 0 Å². The van der Waals surface area contributed by atoms with E-state index in [1.165, 1.54) is 10.6 Å². The number of carboxylic acids is 1. The van der Waals surface area contributed by atoms with Gasteiger partial charge in [0, 0.05) is 13.1 Å². The summed E-state index contributed by atoms with van der Waals surface area (Å²) in [6.07, 6.45) is 2.47. The molecule has 1 N–H and O–H groups in total. The van der Waals surface area contributed by atoms with E-state index in [2.05, 4.69) is 0 Å². The summed E-state index contributed by atoms with van der Waals surface area (Å²) in [6.45, 7) is 2.57. The van der Waals surface area contributed by atoms with Crippen molar-refractivity contribution in [2.45, 2.75) is 19.8 Å². The first-order valence-corrected chi connectivity index (χ1v) is 6.85. The zero-order valence-corrected chi connectivity index (χ0v) is 9.83. The van der Waals surface area contributed by atoms with E-state index in [0.717, 1.165) is 0 Å². The van der Waals surface area contributed by atoms with Crippen LogP contribution in [0, 0.1) is 11.8 Å². The molecule has 1 fully saturated rings. The summed E-state index contributed by atoms with van der Waals surface area (Å²) < 4.78 is 23.8. The van der Waals surface area contributed by atoms with Gasteiger partial charge in [-0.3, -0.25) is 4.79 Å². The molecule has 0 bridgehead atoms. The lowest BCUT2D eigenvalue weighted by Gasteiger charge is -2.31. The molecule has 88 valence electrons. The summed E-state index contributed by atoms with van der Waals surface area (Å²) in [7, 11) is -3.11. The Bertz CT molecular complexity index is 330. The van der Waals surface area contributed by atoms with Crippen LogP contribution < -0.4 is 0 Å². The van der Waals surface area contributed by atoms with Crippen LogP contribution in [0.1, 0.15) is 19.8 Å². The van der Waals surface area contributed by atoms with E-state index in [1.807, 2.05) is 0 Å². The van der Waals surface area contributed by atoms with E-state index < -0.39 is 16.0 Å². The number of sulfonamides is 1. The van der Waals surface area contributed by atoms with Crippen molar-refractivity contribution in [3.8, 4) is 0 Å². The van der Waals surface area contributed by atoms with Gasteiger partial charge in [0.2, 0.25) is 10.0 Å². The Balaban J connectivity index is 2.53. The number of aliphatic carboxylic acids is 1. The van der Waals surface area contributed by atoms with E-state index >= 15 is 0 Å². The van der Waals surface area contributed by atoms with E-state index in [9.17, 15) is 13.2 Å². The normalized spacial score (nSPS) is 22.5. The molecule has 6 heteroatoms. The molecule has 0 spiro atoms. The van der Waals surface area contributed by atoms with Crippen LogP contribution in [0.25, 0.3) is 0 Å². The third-order valence-electron chi connectivity index (χ3n) is 3.06. The highest BCUT2D eigenvalue weighted by molar-refractivity contribution is 7.88. The van der Waals surface area contributed by atoms with Gasteiger partial charge in [0.15, 0.2) is 0 Å². The number of rotatable bonds is 3. The molecular formula is C9H17NO4S. The third kappa shape index (κ3) is 3.17. The van der Waals surface area contributed by atoms with Crippen LogP contribution in [0.3, 0.4) is 0 Å². The average Bonchev–Trinajstić information content (AvgIpc) is 2.15.